The molecule has 0 spiro atoms. The molecule has 2 rings (SSSR count). The van der Waals surface area contributed by atoms with E-state index in [1.54, 1.807) is 23.5 Å². The minimum absolute atomic E-state index is 0.261. The second kappa shape index (κ2) is 3.91. The lowest BCUT2D eigenvalue weighted by molar-refractivity contribution is -0.132. The van der Waals surface area contributed by atoms with E-state index in [1.807, 2.05) is 6.07 Å². The summed E-state index contributed by atoms with van der Waals surface area (Å²) in [7, 11) is 0. The minimum Gasteiger partial charge on any atom is -0.478 e. The van der Waals surface area contributed by atoms with Gasteiger partial charge in [0.25, 0.3) is 0 Å². The van der Waals surface area contributed by atoms with Gasteiger partial charge >= 0.3 is 5.97 Å². The summed E-state index contributed by atoms with van der Waals surface area (Å²) in [5.41, 5.74) is 1.09. The van der Waals surface area contributed by atoms with Crippen LogP contribution in [0.4, 0.5) is 5.69 Å². The molecular formula is C10H9N3O2. The number of nitrogens with zero attached hydrogens (tertiary/aromatic N) is 3. The van der Waals surface area contributed by atoms with Crippen LogP contribution >= 0.6 is 0 Å². The fourth-order valence-electron chi connectivity index (χ4n) is 1.26. The van der Waals surface area contributed by atoms with E-state index in [1.165, 1.54) is 12.3 Å². The second-order valence-corrected chi connectivity index (χ2v) is 3.03. The SMILES string of the molecule is O=C(O)C1=CC=NN(c2cccnc2)C1. The molecule has 0 unspecified atom stereocenters. The summed E-state index contributed by atoms with van der Waals surface area (Å²) in [6.45, 7) is 0.261. The predicted octanol–water partition coefficient (Wildman–Crippen LogP) is 0.898. The summed E-state index contributed by atoms with van der Waals surface area (Å²) in [5.74, 6) is -0.921. The summed E-state index contributed by atoms with van der Waals surface area (Å²) >= 11 is 0. The van der Waals surface area contributed by atoms with Crippen LogP contribution in [0.5, 0.6) is 0 Å². The first-order valence-electron chi connectivity index (χ1n) is 4.41. The third-order valence-electron chi connectivity index (χ3n) is 2.02. The molecule has 0 bridgehead atoms. The van der Waals surface area contributed by atoms with Crippen molar-refractivity contribution in [1.82, 2.24) is 4.98 Å². The van der Waals surface area contributed by atoms with Crippen LogP contribution in [0.2, 0.25) is 0 Å². The number of anilines is 1. The number of pyridine rings is 1. The molecule has 0 fully saturated rings. The number of aliphatic carboxylic acids is 1. The van der Waals surface area contributed by atoms with Crippen molar-refractivity contribution >= 4 is 17.9 Å². The van der Waals surface area contributed by atoms with E-state index in [4.69, 9.17) is 5.11 Å². The molecule has 1 aromatic heterocycles. The first kappa shape index (κ1) is 9.39. The maximum Gasteiger partial charge on any atom is 0.333 e. The highest BCUT2D eigenvalue weighted by molar-refractivity contribution is 5.94. The van der Waals surface area contributed by atoms with Gasteiger partial charge in [-0.25, -0.2) is 4.79 Å². The van der Waals surface area contributed by atoms with Crippen molar-refractivity contribution < 1.29 is 9.90 Å². The van der Waals surface area contributed by atoms with E-state index >= 15 is 0 Å². The highest BCUT2D eigenvalue weighted by Crippen LogP contribution is 2.16. The van der Waals surface area contributed by atoms with Crippen LogP contribution in [0.15, 0.2) is 41.3 Å². The smallest absolute Gasteiger partial charge is 0.333 e. The van der Waals surface area contributed by atoms with Crippen LogP contribution in [0, 0.1) is 0 Å². The molecule has 5 heteroatoms. The van der Waals surface area contributed by atoms with E-state index in [9.17, 15) is 4.79 Å². The van der Waals surface area contributed by atoms with Gasteiger partial charge in [-0.15, -0.1) is 0 Å². The van der Waals surface area contributed by atoms with Crippen molar-refractivity contribution in [3.05, 3.63) is 36.2 Å². The Kier molecular flexibility index (Phi) is 2.45. The Balaban J connectivity index is 2.19. The standard InChI is InChI=1S/C10H9N3O2/c14-10(15)8-3-5-12-13(7-8)9-2-1-4-11-6-9/h1-6H,7H2,(H,14,15). The van der Waals surface area contributed by atoms with E-state index in [0.29, 0.717) is 5.57 Å². The maximum atomic E-state index is 10.8. The molecule has 1 aliphatic rings. The van der Waals surface area contributed by atoms with Gasteiger partial charge in [-0.3, -0.25) is 9.99 Å². The third-order valence-corrected chi connectivity index (χ3v) is 2.02. The molecule has 15 heavy (non-hydrogen) atoms. The summed E-state index contributed by atoms with van der Waals surface area (Å²) < 4.78 is 0. The van der Waals surface area contributed by atoms with E-state index < -0.39 is 5.97 Å². The number of carboxylic acid groups (broad SMARTS) is 1. The zero-order valence-corrected chi connectivity index (χ0v) is 7.87. The molecule has 0 radical (unpaired) electrons. The fourth-order valence-corrected chi connectivity index (χ4v) is 1.26. The van der Waals surface area contributed by atoms with Gasteiger partial charge in [-0.1, -0.05) is 0 Å². The molecule has 0 atom stereocenters. The summed E-state index contributed by atoms with van der Waals surface area (Å²) in [6, 6.07) is 3.61. The highest BCUT2D eigenvalue weighted by Gasteiger charge is 2.15. The molecule has 2 heterocycles. The van der Waals surface area contributed by atoms with Crippen molar-refractivity contribution in [1.29, 1.82) is 0 Å². The number of rotatable bonds is 2. The van der Waals surface area contributed by atoms with Gasteiger partial charge in [0.05, 0.1) is 24.0 Å². The zero-order chi connectivity index (χ0) is 10.7. The first-order valence-corrected chi connectivity index (χ1v) is 4.41. The van der Waals surface area contributed by atoms with Crippen molar-refractivity contribution in [2.24, 2.45) is 5.10 Å². The predicted molar refractivity (Wildman–Crippen MR) is 55.8 cm³/mol. The maximum absolute atomic E-state index is 10.8. The molecule has 0 aliphatic carbocycles. The van der Waals surface area contributed by atoms with Crippen LogP contribution < -0.4 is 5.01 Å². The number of hydrazone groups is 1. The average molecular weight is 203 g/mol. The van der Waals surface area contributed by atoms with E-state index in [-0.39, 0.29) is 6.54 Å². The summed E-state index contributed by atoms with van der Waals surface area (Å²) in [5, 5.41) is 14.5. The molecule has 0 saturated heterocycles. The lowest BCUT2D eigenvalue weighted by Gasteiger charge is -2.20. The first-order chi connectivity index (χ1) is 7.27. The Morgan fingerprint density at radius 3 is 3.07 bits per heavy atom. The van der Waals surface area contributed by atoms with Crippen LogP contribution in [0.3, 0.4) is 0 Å². The molecular weight excluding hydrogens is 194 g/mol. The Morgan fingerprint density at radius 1 is 1.53 bits per heavy atom. The van der Waals surface area contributed by atoms with Crippen molar-refractivity contribution in [3.63, 3.8) is 0 Å². The Bertz CT molecular complexity index is 426. The molecule has 1 N–H and O–H groups in total. The minimum atomic E-state index is -0.921. The quantitative estimate of drug-likeness (QED) is 0.775. The topological polar surface area (TPSA) is 65.8 Å². The number of hydrogen-bond acceptors (Lipinski definition) is 4. The van der Waals surface area contributed by atoms with Gasteiger partial charge in [0, 0.05) is 12.4 Å². The van der Waals surface area contributed by atoms with Crippen LogP contribution in [-0.4, -0.2) is 28.8 Å². The lowest BCUT2D eigenvalue weighted by atomic mass is 10.2. The van der Waals surface area contributed by atoms with Crippen LogP contribution in [-0.2, 0) is 4.79 Å². The zero-order valence-electron chi connectivity index (χ0n) is 7.87. The van der Waals surface area contributed by atoms with E-state index in [0.717, 1.165) is 5.69 Å². The van der Waals surface area contributed by atoms with Crippen molar-refractivity contribution in [2.75, 3.05) is 11.6 Å². The number of aromatic nitrogens is 1. The molecule has 1 aliphatic heterocycles. The number of allylic oxidation sites excluding steroid dienone is 1. The summed E-state index contributed by atoms with van der Waals surface area (Å²) in [6.07, 6.45) is 6.27. The highest BCUT2D eigenvalue weighted by atomic mass is 16.4. The third kappa shape index (κ3) is 2.01. The fraction of sp³-hybridized carbons (Fsp3) is 0.100. The lowest BCUT2D eigenvalue weighted by Crippen LogP contribution is -2.25. The summed E-state index contributed by atoms with van der Waals surface area (Å²) in [4.78, 5) is 14.7. The molecule has 0 amide bonds. The Labute approximate surface area is 86.4 Å². The molecule has 0 aromatic carbocycles. The number of carboxylic acids is 1. The number of hydrogen-bond donors (Lipinski definition) is 1. The molecule has 1 aromatic rings. The van der Waals surface area contributed by atoms with Crippen molar-refractivity contribution in [2.45, 2.75) is 0 Å². The molecule has 0 saturated carbocycles. The van der Waals surface area contributed by atoms with Crippen molar-refractivity contribution in [3.8, 4) is 0 Å². The van der Waals surface area contributed by atoms with E-state index in [2.05, 4.69) is 10.1 Å². The van der Waals surface area contributed by atoms with Gasteiger partial charge in [-0.2, -0.15) is 5.10 Å². The van der Waals surface area contributed by atoms with Gasteiger partial charge < -0.3 is 5.11 Å². The average Bonchev–Trinajstić information content (AvgIpc) is 2.30. The Morgan fingerprint density at radius 2 is 2.40 bits per heavy atom. The van der Waals surface area contributed by atoms with Gasteiger partial charge in [0.15, 0.2) is 0 Å². The Hall–Kier alpha value is -2.17. The van der Waals surface area contributed by atoms with Gasteiger partial charge in [0.1, 0.15) is 0 Å². The molecule has 76 valence electrons. The monoisotopic (exact) mass is 203 g/mol. The second-order valence-electron chi connectivity index (χ2n) is 3.03. The van der Waals surface area contributed by atoms with Crippen LogP contribution in [0.25, 0.3) is 0 Å². The largest absolute Gasteiger partial charge is 0.478 e. The van der Waals surface area contributed by atoms with Gasteiger partial charge in [0.2, 0.25) is 0 Å². The normalized spacial score (nSPS) is 14.9. The number of carbonyl (C=O) groups is 1. The van der Waals surface area contributed by atoms with Crippen LogP contribution in [0.1, 0.15) is 0 Å². The van der Waals surface area contributed by atoms with Gasteiger partial charge in [-0.05, 0) is 18.2 Å². The molecule has 5 nitrogen and oxygen atoms in total.